The van der Waals surface area contributed by atoms with Crippen LogP contribution in [0.25, 0.3) is 10.8 Å². The zero-order valence-corrected chi connectivity index (χ0v) is 13.9. The van der Waals surface area contributed by atoms with Gasteiger partial charge in [0.25, 0.3) is 0 Å². The Morgan fingerprint density at radius 1 is 1.00 bits per heavy atom. The molecule has 0 heterocycles. The van der Waals surface area contributed by atoms with Crippen LogP contribution in [0.4, 0.5) is 0 Å². The van der Waals surface area contributed by atoms with Gasteiger partial charge in [-0.05, 0) is 33.9 Å². The molecule has 0 saturated carbocycles. The number of nitrogens with one attached hydrogen (secondary N) is 2. The fraction of sp³-hybridized carbons (Fsp3) is 0.143. The lowest BCUT2D eigenvalue weighted by molar-refractivity contribution is -0.120. The topological polar surface area (TPSA) is 79.0 Å². The molecule has 0 fully saturated rings. The summed E-state index contributed by atoms with van der Waals surface area (Å²) in [7, 11) is 0. The number of primary amides is 1. The summed E-state index contributed by atoms with van der Waals surface area (Å²) >= 11 is 0. The molecule has 4 nitrogen and oxygen atoms in total. The van der Waals surface area contributed by atoms with Gasteiger partial charge in [0.15, 0.2) is 0 Å². The first-order valence-corrected chi connectivity index (χ1v) is 8.27. The van der Waals surface area contributed by atoms with E-state index in [1.165, 1.54) is 6.21 Å². The monoisotopic (exact) mass is 331 g/mol. The standard InChI is InChI=1S/C21H21N3O/c22-13-16-10-11-17(19-9-5-4-8-18(16)19)14-24-20(21(23)25)12-15-6-2-1-3-7-15/h1-11,13,20,22,24H,12,14H2,(H2,23,25). The van der Waals surface area contributed by atoms with Gasteiger partial charge in [-0.15, -0.1) is 0 Å². The Balaban J connectivity index is 1.81. The molecule has 0 saturated heterocycles. The maximum Gasteiger partial charge on any atom is 0.234 e. The van der Waals surface area contributed by atoms with Gasteiger partial charge in [-0.25, -0.2) is 0 Å². The molecule has 0 spiro atoms. The highest BCUT2D eigenvalue weighted by Gasteiger charge is 2.16. The van der Waals surface area contributed by atoms with Crippen molar-refractivity contribution < 1.29 is 4.79 Å². The summed E-state index contributed by atoms with van der Waals surface area (Å²) in [5, 5.41) is 12.9. The number of fused-ring (bicyclic) bond motifs is 1. The molecule has 1 amide bonds. The molecule has 0 aliphatic heterocycles. The van der Waals surface area contributed by atoms with Crippen molar-refractivity contribution in [2.24, 2.45) is 5.73 Å². The van der Waals surface area contributed by atoms with E-state index in [0.717, 1.165) is 27.5 Å². The van der Waals surface area contributed by atoms with E-state index in [1.807, 2.05) is 66.7 Å². The SMILES string of the molecule is N=Cc1ccc(CNC(Cc2ccccc2)C(N)=O)c2ccccc12. The molecular weight excluding hydrogens is 310 g/mol. The summed E-state index contributed by atoms with van der Waals surface area (Å²) in [5.74, 6) is -0.357. The van der Waals surface area contributed by atoms with Gasteiger partial charge in [-0.3, -0.25) is 4.79 Å². The Hall–Kier alpha value is -2.98. The van der Waals surface area contributed by atoms with Crippen LogP contribution in [0.2, 0.25) is 0 Å². The number of hydrogen-bond acceptors (Lipinski definition) is 3. The van der Waals surface area contributed by atoms with Gasteiger partial charge in [0.1, 0.15) is 0 Å². The van der Waals surface area contributed by atoms with Crippen molar-refractivity contribution in [1.82, 2.24) is 5.32 Å². The predicted molar refractivity (Wildman–Crippen MR) is 102 cm³/mol. The summed E-state index contributed by atoms with van der Waals surface area (Å²) < 4.78 is 0. The largest absolute Gasteiger partial charge is 0.368 e. The maximum absolute atomic E-state index is 11.8. The van der Waals surface area contributed by atoms with E-state index in [0.29, 0.717) is 13.0 Å². The second-order valence-corrected chi connectivity index (χ2v) is 6.03. The quantitative estimate of drug-likeness (QED) is 0.582. The van der Waals surface area contributed by atoms with Crippen molar-refractivity contribution in [3.63, 3.8) is 0 Å². The van der Waals surface area contributed by atoms with E-state index in [4.69, 9.17) is 11.1 Å². The van der Waals surface area contributed by atoms with Gasteiger partial charge in [0, 0.05) is 12.8 Å². The number of carbonyl (C=O) groups is 1. The van der Waals surface area contributed by atoms with Crippen LogP contribution in [0.1, 0.15) is 16.7 Å². The average Bonchev–Trinajstić information content (AvgIpc) is 2.65. The first kappa shape index (κ1) is 16.9. The first-order chi connectivity index (χ1) is 12.2. The van der Waals surface area contributed by atoms with Crippen molar-refractivity contribution in [2.75, 3.05) is 0 Å². The minimum absolute atomic E-state index is 0.357. The van der Waals surface area contributed by atoms with Gasteiger partial charge >= 0.3 is 0 Å². The zero-order chi connectivity index (χ0) is 17.6. The van der Waals surface area contributed by atoms with Crippen molar-refractivity contribution in [1.29, 1.82) is 5.41 Å². The Morgan fingerprint density at radius 3 is 2.36 bits per heavy atom. The van der Waals surface area contributed by atoms with Crippen LogP contribution in [0.15, 0.2) is 66.7 Å². The summed E-state index contributed by atoms with van der Waals surface area (Å²) in [5.41, 5.74) is 8.62. The number of amides is 1. The van der Waals surface area contributed by atoms with Crippen LogP contribution in [0.5, 0.6) is 0 Å². The number of carbonyl (C=O) groups excluding carboxylic acids is 1. The van der Waals surface area contributed by atoms with Crippen LogP contribution in [-0.4, -0.2) is 18.2 Å². The van der Waals surface area contributed by atoms with Gasteiger partial charge in [0.05, 0.1) is 6.04 Å². The molecule has 3 aromatic rings. The lowest BCUT2D eigenvalue weighted by Crippen LogP contribution is -2.42. The van der Waals surface area contributed by atoms with Crippen LogP contribution in [-0.2, 0) is 17.8 Å². The zero-order valence-electron chi connectivity index (χ0n) is 13.9. The maximum atomic E-state index is 11.8. The molecule has 1 unspecified atom stereocenters. The van der Waals surface area contributed by atoms with Crippen molar-refractivity contribution in [2.45, 2.75) is 19.0 Å². The van der Waals surface area contributed by atoms with Gasteiger partial charge < -0.3 is 16.5 Å². The van der Waals surface area contributed by atoms with E-state index < -0.39 is 6.04 Å². The van der Waals surface area contributed by atoms with Crippen LogP contribution >= 0.6 is 0 Å². The minimum Gasteiger partial charge on any atom is -0.368 e. The molecule has 4 N–H and O–H groups in total. The molecule has 0 bridgehead atoms. The molecule has 3 aromatic carbocycles. The van der Waals surface area contributed by atoms with Crippen molar-refractivity contribution >= 4 is 22.9 Å². The van der Waals surface area contributed by atoms with Gasteiger partial charge in [-0.1, -0.05) is 66.7 Å². The normalized spacial score (nSPS) is 12.0. The Morgan fingerprint density at radius 2 is 1.68 bits per heavy atom. The van der Waals surface area contributed by atoms with Crippen LogP contribution < -0.4 is 11.1 Å². The van der Waals surface area contributed by atoms with Gasteiger partial charge in [-0.2, -0.15) is 0 Å². The Kier molecular flexibility index (Phi) is 5.21. The molecule has 4 heteroatoms. The minimum atomic E-state index is -0.427. The van der Waals surface area contributed by atoms with Crippen molar-refractivity contribution in [3.8, 4) is 0 Å². The highest BCUT2D eigenvalue weighted by atomic mass is 16.1. The van der Waals surface area contributed by atoms with Gasteiger partial charge in [0.2, 0.25) is 5.91 Å². The molecule has 0 aliphatic carbocycles. The third-order valence-corrected chi connectivity index (χ3v) is 4.37. The van der Waals surface area contributed by atoms with E-state index in [1.54, 1.807) is 0 Å². The second-order valence-electron chi connectivity index (χ2n) is 6.03. The Bertz CT molecular complexity index is 890. The molecule has 0 radical (unpaired) electrons. The Labute approximate surface area is 147 Å². The predicted octanol–water partition coefficient (Wildman–Crippen LogP) is 3.02. The van der Waals surface area contributed by atoms with E-state index in [9.17, 15) is 4.79 Å². The van der Waals surface area contributed by atoms with Crippen LogP contribution in [0.3, 0.4) is 0 Å². The molecule has 126 valence electrons. The average molecular weight is 331 g/mol. The lowest BCUT2D eigenvalue weighted by atomic mass is 9.99. The third kappa shape index (κ3) is 3.92. The second kappa shape index (κ2) is 7.73. The third-order valence-electron chi connectivity index (χ3n) is 4.37. The summed E-state index contributed by atoms with van der Waals surface area (Å²) in [6.45, 7) is 0.541. The number of hydrogen-bond donors (Lipinski definition) is 3. The molecule has 0 aliphatic rings. The molecular formula is C21H21N3O. The lowest BCUT2D eigenvalue weighted by Gasteiger charge is -2.17. The summed E-state index contributed by atoms with van der Waals surface area (Å²) in [6, 6.07) is 21.3. The molecule has 3 rings (SSSR count). The number of rotatable bonds is 7. The van der Waals surface area contributed by atoms with Crippen LogP contribution in [0, 0.1) is 5.41 Å². The highest BCUT2D eigenvalue weighted by molar-refractivity contribution is 6.00. The van der Waals surface area contributed by atoms with E-state index in [-0.39, 0.29) is 5.91 Å². The fourth-order valence-electron chi connectivity index (χ4n) is 3.02. The highest BCUT2D eigenvalue weighted by Crippen LogP contribution is 2.22. The molecule has 25 heavy (non-hydrogen) atoms. The molecule has 0 aromatic heterocycles. The molecule has 1 atom stereocenters. The summed E-state index contributed by atoms with van der Waals surface area (Å²) in [4.78, 5) is 11.8. The first-order valence-electron chi connectivity index (χ1n) is 8.27. The smallest absolute Gasteiger partial charge is 0.234 e. The van der Waals surface area contributed by atoms with E-state index >= 15 is 0 Å². The van der Waals surface area contributed by atoms with E-state index in [2.05, 4.69) is 5.32 Å². The number of benzene rings is 3. The fourth-order valence-corrected chi connectivity index (χ4v) is 3.02. The number of nitrogens with two attached hydrogens (primary N) is 1. The van der Waals surface area contributed by atoms with Crippen molar-refractivity contribution in [3.05, 3.63) is 83.4 Å². The summed E-state index contributed by atoms with van der Waals surface area (Å²) in [6.07, 6.45) is 1.92.